The van der Waals surface area contributed by atoms with E-state index in [4.69, 9.17) is 9.16 Å². The zero-order chi connectivity index (χ0) is 16.4. The molecular weight excluding hydrogens is 292 g/mol. The fourth-order valence-corrected chi connectivity index (χ4v) is 6.02. The maximum absolute atomic E-state index is 12.1. The molecule has 2 aliphatic carbocycles. The predicted octanol–water partition coefficient (Wildman–Crippen LogP) is 4.66. The second kappa shape index (κ2) is 4.82. The zero-order valence-electron chi connectivity index (χ0n) is 15.1. The maximum atomic E-state index is 12.1. The summed E-state index contributed by atoms with van der Waals surface area (Å²) in [6.07, 6.45) is 6.50. The van der Waals surface area contributed by atoms with E-state index < -0.39 is 8.32 Å². The first-order chi connectivity index (χ1) is 10.0. The van der Waals surface area contributed by atoms with E-state index in [2.05, 4.69) is 40.8 Å². The van der Waals surface area contributed by atoms with E-state index in [9.17, 15) is 4.79 Å². The fraction of sp³-hybridized carbons (Fsp3) is 0.944. The summed E-state index contributed by atoms with van der Waals surface area (Å²) < 4.78 is 12.9. The molecule has 126 valence electrons. The molecule has 0 unspecified atom stereocenters. The number of hydrogen-bond acceptors (Lipinski definition) is 3. The number of esters is 1. The van der Waals surface area contributed by atoms with Crippen LogP contribution in [0.2, 0.25) is 18.1 Å². The van der Waals surface area contributed by atoms with Crippen LogP contribution in [0.25, 0.3) is 0 Å². The summed E-state index contributed by atoms with van der Waals surface area (Å²) in [6, 6.07) is 0. The van der Waals surface area contributed by atoms with Crippen LogP contribution in [-0.4, -0.2) is 26.0 Å². The Labute approximate surface area is 136 Å². The van der Waals surface area contributed by atoms with Crippen molar-refractivity contribution in [3.63, 3.8) is 0 Å². The van der Waals surface area contributed by atoms with E-state index in [1.165, 1.54) is 0 Å². The van der Waals surface area contributed by atoms with Gasteiger partial charge in [-0.05, 0) is 50.2 Å². The van der Waals surface area contributed by atoms with Crippen LogP contribution in [0.1, 0.15) is 66.2 Å². The molecular formula is C18H32O3Si. The van der Waals surface area contributed by atoms with Gasteiger partial charge in [0.2, 0.25) is 0 Å². The third-order valence-corrected chi connectivity index (χ3v) is 11.7. The van der Waals surface area contributed by atoms with Gasteiger partial charge in [-0.2, -0.15) is 0 Å². The van der Waals surface area contributed by atoms with Gasteiger partial charge in [0.05, 0.1) is 12.0 Å². The van der Waals surface area contributed by atoms with Gasteiger partial charge >= 0.3 is 5.97 Å². The van der Waals surface area contributed by atoms with Crippen molar-refractivity contribution in [2.75, 3.05) is 0 Å². The molecule has 0 aromatic rings. The van der Waals surface area contributed by atoms with Crippen LogP contribution >= 0.6 is 0 Å². The van der Waals surface area contributed by atoms with Crippen molar-refractivity contribution in [1.82, 2.24) is 0 Å². The number of carbonyl (C=O) groups excluding carboxylic acids is 1. The molecule has 1 heterocycles. The smallest absolute Gasteiger partial charge is 0.309 e. The first kappa shape index (κ1) is 16.5. The van der Waals surface area contributed by atoms with Gasteiger partial charge in [0.1, 0.15) is 5.60 Å². The summed E-state index contributed by atoms with van der Waals surface area (Å²) in [6.45, 7) is 13.9. The lowest BCUT2D eigenvalue weighted by Crippen LogP contribution is -2.60. The summed E-state index contributed by atoms with van der Waals surface area (Å²) in [5.41, 5.74) is -0.234. The Bertz CT molecular complexity index is 481. The first-order valence-corrected chi connectivity index (χ1v) is 11.8. The molecule has 1 spiro atoms. The van der Waals surface area contributed by atoms with Crippen molar-refractivity contribution >= 4 is 14.3 Å². The van der Waals surface area contributed by atoms with Gasteiger partial charge in [-0.25, -0.2) is 0 Å². The average molecular weight is 325 g/mol. The van der Waals surface area contributed by atoms with E-state index in [0.717, 1.165) is 38.5 Å². The zero-order valence-corrected chi connectivity index (χ0v) is 16.1. The molecule has 2 bridgehead atoms. The van der Waals surface area contributed by atoms with E-state index in [-0.39, 0.29) is 34.0 Å². The Morgan fingerprint density at radius 3 is 2.55 bits per heavy atom. The molecule has 3 rings (SSSR count). The van der Waals surface area contributed by atoms with E-state index in [0.29, 0.717) is 0 Å². The Hall–Kier alpha value is -0.353. The summed E-state index contributed by atoms with van der Waals surface area (Å²) in [4.78, 5) is 12.1. The molecule has 3 aliphatic rings. The average Bonchev–Trinajstić information content (AvgIpc) is 2.65. The highest BCUT2D eigenvalue weighted by molar-refractivity contribution is 6.74. The van der Waals surface area contributed by atoms with Gasteiger partial charge in [-0.15, -0.1) is 0 Å². The van der Waals surface area contributed by atoms with Crippen molar-refractivity contribution in [2.24, 2.45) is 11.3 Å². The van der Waals surface area contributed by atoms with Crippen LogP contribution in [-0.2, 0) is 14.0 Å². The number of hydrogen-bond donors (Lipinski definition) is 0. The number of rotatable bonds is 2. The Morgan fingerprint density at radius 2 is 1.91 bits per heavy atom. The minimum atomic E-state index is -1.81. The van der Waals surface area contributed by atoms with Crippen LogP contribution in [0.5, 0.6) is 0 Å². The molecule has 0 aromatic heterocycles. The third kappa shape index (κ3) is 2.21. The molecule has 22 heavy (non-hydrogen) atoms. The van der Waals surface area contributed by atoms with Crippen molar-refractivity contribution in [2.45, 2.75) is 96.1 Å². The first-order valence-electron chi connectivity index (χ1n) is 8.91. The molecule has 2 saturated carbocycles. The Kier molecular flexibility index (Phi) is 3.62. The van der Waals surface area contributed by atoms with Gasteiger partial charge < -0.3 is 9.16 Å². The summed E-state index contributed by atoms with van der Waals surface area (Å²) in [5.74, 6) is 0.205. The number of fused-ring (bicyclic) bond motifs is 1. The summed E-state index contributed by atoms with van der Waals surface area (Å²) in [7, 11) is -1.81. The van der Waals surface area contributed by atoms with Crippen LogP contribution < -0.4 is 0 Å². The minimum Gasteiger partial charge on any atom is -0.458 e. The Balaban J connectivity index is 1.89. The second-order valence-electron chi connectivity index (χ2n) is 9.53. The SMILES string of the molecule is CC(C)(C)[Si](C)(C)O[C@H]1CCC[C@@]23C[C@@H](CC[C@]12C)C(=O)O3. The highest BCUT2D eigenvalue weighted by Gasteiger charge is 2.65. The molecule has 1 saturated heterocycles. The molecule has 0 aromatic carbocycles. The quantitative estimate of drug-likeness (QED) is 0.547. The van der Waals surface area contributed by atoms with Crippen molar-refractivity contribution < 1.29 is 14.0 Å². The topological polar surface area (TPSA) is 35.5 Å². The van der Waals surface area contributed by atoms with Crippen molar-refractivity contribution in [1.29, 1.82) is 0 Å². The van der Waals surface area contributed by atoms with Crippen LogP contribution in [0.3, 0.4) is 0 Å². The molecule has 0 radical (unpaired) electrons. The Morgan fingerprint density at radius 1 is 1.23 bits per heavy atom. The van der Waals surface area contributed by atoms with E-state index in [1.54, 1.807) is 0 Å². The highest BCUT2D eigenvalue weighted by Crippen LogP contribution is 2.61. The van der Waals surface area contributed by atoms with Crippen molar-refractivity contribution in [3.8, 4) is 0 Å². The third-order valence-electron chi connectivity index (χ3n) is 7.26. The van der Waals surface area contributed by atoms with Gasteiger partial charge in [0, 0.05) is 11.8 Å². The standard InChI is InChI=1S/C18H32O3Si/c1-16(2,3)22(5,6)21-14-8-7-10-18-12-13(15(19)20-18)9-11-17(14,18)4/h13-14H,7-12H2,1-6H3/t13-,14+,17-,18-/m1/s1. The maximum Gasteiger partial charge on any atom is 0.309 e. The molecule has 4 heteroatoms. The van der Waals surface area contributed by atoms with Gasteiger partial charge in [0.25, 0.3) is 0 Å². The van der Waals surface area contributed by atoms with E-state index >= 15 is 0 Å². The number of carbonyl (C=O) groups is 1. The lowest BCUT2D eigenvalue weighted by atomic mass is 9.55. The van der Waals surface area contributed by atoms with Gasteiger partial charge in [-0.3, -0.25) is 4.79 Å². The minimum absolute atomic E-state index is 0.00340. The van der Waals surface area contributed by atoms with Crippen molar-refractivity contribution in [3.05, 3.63) is 0 Å². The van der Waals surface area contributed by atoms with Gasteiger partial charge in [-0.1, -0.05) is 27.7 Å². The fourth-order valence-electron chi connectivity index (χ4n) is 4.58. The lowest BCUT2D eigenvalue weighted by Gasteiger charge is -2.56. The highest BCUT2D eigenvalue weighted by atomic mass is 28.4. The van der Waals surface area contributed by atoms with Crippen LogP contribution in [0.15, 0.2) is 0 Å². The lowest BCUT2D eigenvalue weighted by molar-refractivity contribution is -0.184. The van der Waals surface area contributed by atoms with Gasteiger partial charge in [0.15, 0.2) is 8.32 Å². The predicted molar refractivity (Wildman–Crippen MR) is 90.2 cm³/mol. The van der Waals surface area contributed by atoms with Crippen LogP contribution in [0.4, 0.5) is 0 Å². The van der Waals surface area contributed by atoms with Crippen LogP contribution in [0, 0.1) is 11.3 Å². The van der Waals surface area contributed by atoms with E-state index in [1.807, 2.05) is 0 Å². The molecule has 3 nitrogen and oxygen atoms in total. The number of ether oxygens (including phenoxy) is 1. The molecule has 0 amide bonds. The summed E-state index contributed by atoms with van der Waals surface area (Å²) >= 11 is 0. The second-order valence-corrected chi connectivity index (χ2v) is 14.3. The molecule has 4 atom stereocenters. The monoisotopic (exact) mass is 324 g/mol. The molecule has 0 N–H and O–H groups in total. The molecule has 1 aliphatic heterocycles. The largest absolute Gasteiger partial charge is 0.458 e. The summed E-state index contributed by atoms with van der Waals surface area (Å²) in [5, 5.41) is 0.220. The molecule has 3 fully saturated rings. The normalized spacial score (nSPS) is 42.0.